The Bertz CT molecular complexity index is 666. The van der Waals surface area contributed by atoms with Gasteiger partial charge in [-0.05, 0) is 30.9 Å². The van der Waals surface area contributed by atoms with Gasteiger partial charge in [-0.1, -0.05) is 24.6 Å². The van der Waals surface area contributed by atoms with E-state index in [2.05, 4.69) is 21.4 Å². The monoisotopic (exact) mass is 311 g/mol. The number of aromatic nitrogens is 2. The zero-order valence-electron chi connectivity index (χ0n) is 11.4. The number of halogens is 1. The number of H-pyrrole nitrogens is 1. The van der Waals surface area contributed by atoms with Crippen LogP contribution in [-0.4, -0.2) is 46.8 Å². The number of rotatable bonds is 3. The van der Waals surface area contributed by atoms with Gasteiger partial charge in [-0.25, -0.2) is 0 Å². The van der Waals surface area contributed by atoms with Crippen LogP contribution in [0, 0.1) is 4.77 Å². The van der Waals surface area contributed by atoms with Crippen molar-refractivity contribution in [3.8, 4) is 0 Å². The highest BCUT2D eigenvalue weighted by Crippen LogP contribution is 2.24. The van der Waals surface area contributed by atoms with Crippen LogP contribution in [0.4, 0.5) is 0 Å². The first-order valence-electron chi connectivity index (χ1n) is 6.90. The summed E-state index contributed by atoms with van der Waals surface area (Å²) in [7, 11) is 0. The predicted molar refractivity (Wildman–Crippen MR) is 84.0 cm³/mol. The number of aromatic amines is 1. The van der Waals surface area contributed by atoms with Gasteiger partial charge in [0, 0.05) is 13.1 Å². The minimum atomic E-state index is 0.158. The number of imidazole rings is 1. The number of hydrogen-bond acceptors (Lipinski definition) is 3. The molecule has 1 aromatic carbocycles. The van der Waals surface area contributed by atoms with E-state index >= 15 is 0 Å². The van der Waals surface area contributed by atoms with Crippen LogP contribution >= 0.6 is 23.8 Å². The predicted octanol–water partition coefficient (Wildman–Crippen LogP) is 3.07. The largest absolute Gasteiger partial charge is 0.374 e. The van der Waals surface area contributed by atoms with E-state index in [1.807, 2.05) is 18.2 Å². The fourth-order valence-corrected chi connectivity index (χ4v) is 3.28. The smallest absolute Gasteiger partial charge is 0.178 e. The van der Waals surface area contributed by atoms with Gasteiger partial charge in [-0.3, -0.25) is 4.90 Å². The van der Waals surface area contributed by atoms with Crippen LogP contribution in [0.15, 0.2) is 18.2 Å². The maximum absolute atomic E-state index is 6.31. The van der Waals surface area contributed by atoms with Crippen molar-refractivity contribution in [2.45, 2.75) is 19.6 Å². The first-order chi connectivity index (χ1) is 9.69. The van der Waals surface area contributed by atoms with Crippen molar-refractivity contribution < 1.29 is 4.74 Å². The van der Waals surface area contributed by atoms with E-state index < -0.39 is 0 Å². The second-order valence-corrected chi connectivity index (χ2v) is 5.86. The highest BCUT2D eigenvalue weighted by atomic mass is 35.5. The second-order valence-electron chi connectivity index (χ2n) is 5.06. The molecule has 3 rings (SSSR count). The summed E-state index contributed by atoms with van der Waals surface area (Å²) in [6.45, 7) is 6.69. The quantitative estimate of drug-likeness (QED) is 0.884. The molecule has 1 aromatic heterocycles. The van der Waals surface area contributed by atoms with Crippen molar-refractivity contribution in [2.24, 2.45) is 0 Å². The van der Waals surface area contributed by atoms with E-state index in [0.717, 1.165) is 48.8 Å². The molecule has 1 saturated heterocycles. The Morgan fingerprint density at radius 1 is 1.50 bits per heavy atom. The zero-order valence-corrected chi connectivity index (χ0v) is 13.0. The van der Waals surface area contributed by atoms with Gasteiger partial charge in [0.25, 0.3) is 0 Å². The molecular formula is C14H18ClN3OS. The maximum atomic E-state index is 6.31. The van der Waals surface area contributed by atoms with Crippen LogP contribution in [-0.2, 0) is 11.3 Å². The summed E-state index contributed by atoms with van der Waals surface area (Å²) in [5.74, 6) is 0. The molecule has 0 aliphatic carbocycles. The zero-order chi connectivity index (χ0) is 14.1. The Balaban J connectivity index is 1.91. The Hall–Kier alpha value is -0.880. The van der Waals surface area contributed by atoms with Crippen LogP contribution < -0.4 is 0 Å². The molecule has 0 bridgehead atoms. The molecule has 4 nitrogen and oxygen atoms in total. The van der Waals surface area contributed by atoms with E-state index in [9.17, 15) is 0 Å². The normalized spacial score (nSPS) is 20.6. The number of ether oxygens (including phenoxy) is 1. The third-order valence-electron chi connectivity index (χ3n) is 3.80. The first kappa shape index (κ1) is 14.1. The first-order valence-corrected chi connectivity index (χ1v) is 7.68. The molecule has 2 heterocycles. The summed E-state index contributed by atoms with van der Waals surface area (Å²) in [4.78, 5) is 5.60. The number of likely N-dealkylation sites (N-methyl/N-ethyl adjacent to an activating group) is 1. The molecule has 1 aliphatic heterocycles. The SMILES string of the molecule is CCN1CCOC(Cn2c(=S)[nH]c3cccc(Cl)c32)C1. The fourth-order valence-electron chi connectivity index (χ4n) is 2.73. The van der Waals surface area contributed by atoms with Gasteiger partial charge >= 0.3 is 0 Å². The van der Waals surface area contributed by atoms with Crippen molar-refractivity contribution >= 4 is 34.9 Å². The summed E-state index contributed by atoms with van der Waals surface area (Å²) in [5, 5.41) is 0.720. The maximum Gasteiger partial charge on any atom is 0.178 e. The molecule has 1 unspecified atom stereocenters. The molecule has 6 heteroatoms. The van der Waals surface area contributed by atoms with Gasteiger partial charge in [0.1, 0.15) is 0 Å². The lowest BCUT2D eigenvalue weighted by Gasteiger charge is -2.32. The van der Waals surface area contributed by atoms with E-state index in [4.69, 9.17) is 28.6 Å². The highest BCUT2D eigenvalue weighted by Gasteiger charge is 2.21. The molecule has 0 saturated carbocycles. The summed E-state index contributed by atoms with van der Waals surface area (Å²) in [5.41, 5.74) is 1.95. The molecule has 0 amide bonds. The van der Waals surface area contributed by atoms with Crippen LogP contribution in [0.3, 0.4) is 0 Å². The molecule has 2 aromatic rings. The second kappa shape index (κ2) is 5.85. The molecule has 1 aliphatic rings. The minimum Gasteiger partial charge on any atom is -0.374 e. The topological polar surface area (TPSA) is 33.2 Å². The number of nitrogens with zero attached hydrogens (tertiary/aromatic N) is 2. The van der Waals surface area contributed by atoms with Gasteiger partial charge in [0.2, 0.25) is 0 Å². The minimum absolute atomic E-state index is 0.158. The Kier molecular flexibility index (Phi) is 4.12. The van der Waals surface area contributed by atoms with E-state index in [0.29, 0.717) is 4.77 Å². The Morgan fingerprint density at radius 2 is 2.35 bits per heavy atom. The number of benzene rings is 1. The summed E-state index contributed by atoms with van der Waals surface area (Å²) >= 11 is 11.7. The van der Waals surface area contributed by atoms with E-state index in [-0.39, 0.29) is 6.10 Å². The molecule has 108 valence electrons. The van der Waals surface area contributed by atoms with Crippen molar-refractivity contribution in [2.75, 3.05) is 26.2 Å². The molecule has 20 heavy (non-hydrogen) atoms. The standard InChI is InChI=1S/C14H18ClN3OS/c1-2-17-6-7-19-10(8-17)9-18-13-11(15)4-3-5-12(13)16-14(18)20/h3-5,10H,2,6-9H2,1H3,(H,16,20). The van der Waals surface area contributed by atoms with Crippen molar-refractivity contribution in [1.29, 1.82) is 0 Å². The van der Waals surface area contributed by atoms with E-state index in [1.165, 1.54) is 0 Å². The summed E-state index contributed by atoms with van der Waals surface area (Å²) in [6, 6.07) is 5.81. The van der Waals surface area contributed by atoms with Crippen molar-refractivity contribution in [3.63, 3.8) is 0 Å². The fraction of sp³-hybridized carbons (Fsp3) is 0.500. The van der Waals surface area contributed by atoms with Gasteiger partial charge < -0.3 is 14.3 Å². The van der Waals surface area contributed by atoms with Crippen molar-refractivity contribution in [1.82, 2.24) is 14.5 Å². The molecule has 1 fully saturated rings. The lowest BCUT2D eigenvalue weighted by Crippen LogP contribution is -2.43. The van der Waals surface area contributed by atoms with Crippen LogP contribution in [0.5, 0.6) is 0 Å². The summed E-state index contributed by atoms with van der Waals surface area (Å²) < 4.78 is 8.61. The average molecular weight is 312 g/mol. The lowest BCUT2D eigenvalue weighted by molar-refractivity contribution is -0.0339. The van der Waals surface area contributed by atoms with Crippen molar-refractivity contribution in [3.05, 3.63) is 28.0 Å². The van der Waals surface area contributed by atoms with Gasteiger partial charge in [-0.2, -0.15) is 0 Å². The number of nitrogens with one attached hydrogen (secondary N) is 1. The molecule has 0 spiro atoms. The van der Waals surface area contributed by atoms with Crippen LogP contribution in [0.2, 0.25) is 5.02 Å². The van der Waals surface area contributed by atoms with Crippen LogP contribution in [0.25, 0.3) is 11.0 Å². The number of hydrogen-bond donors (Lipinski definition) is 1. The molecule has 1 N–H and O–H groups in total. The Labute approximate surface area is 128 Å². The number of morpholine rings is 1. The summed E-state index contributed by atoms with van der Waals surface area (Å²) in [6.07, 6.45) is 0.158. The molecule has 0 radical (unpaired) electrons. The lowest BCUT2D eigenvalue weighted by atomic mass is 10.2. The Morgan fingerprint density at radius 3 is 3.15 bits per heavy atom. The van der Waals surface area contributed by atoms with Gasteiger partial charge in [0.15, 0.2) is 4.77 Å². The van der Waals surface area contributed by atoms with Gasteiger partial charge in [0.05, 0.1) is 35.3 Å². The molecular weight excluding hydrogens is 294 g/mol. The average Bonchev–Trinajstić information content (AvgIpc) is 2.77. The highest BCUT2D eigenvalue weighted by molar-refractivity contribution is 7.71. The van der Waals surface area contributed by atoms with Crippen LogP contribution in [0.1, 0.15) is 6.92 Å². The third kappa shape index (κ3) is 2.63. The van der Waals surface area contributed by atoms with E-state index in [1.54, 1.807) is 0 Å². The number of fused-ring (bicyclic) bond motifs is 1. The third-order valence-corrected chi connectivity index (χ3v) is 4.43. The molecule has 1 atom stereocenters. The van der Waals surface area contributed by atoms with Gasteiger partial charge in [-0.15, -0.1) is 0 Å². The number of para-hydroxylation sites is 1.